The van der Waals surface area contributed by atoms with Gasteiger partial charge in [-0.25, -0.2) is 17.6 Å². The Labute approximate surface area is 142 Å². The first-order valence-electron chi connectivity index (χ1n) is 7.60. The second kappa shape index (κ2) is 6.51. The van der Waals surface area contributed by atoms with Crippen molar-refractivity contribution in [3.63, 3.8) is 0 Å². The minimum atomic E-state index is -1.57. The average Bonchev–Trinajstić information content (AvgIpc) is 3.10. The molecular weight excluding hydrogens is 338 g/mol. The molecule has 0 aliphatic heterocycles. The number of hydrogen-bond donors (Lipinski definition) is 0. The highest BCUT2D eigenvalue weighted by molar-refractivity contribution is 5.78. The van der Waals surface area contributed by atoms with Crippen molar-refractivity contribution in [2.45, 2.75) is 34.3 Å². The number of carbonyl (C=O) groups is 1. The average molecular weight is 355 g/mol. The van der Waals surface area contributed by atoms with Gasteiger partial charge in [-0.15, -0.1) is 0 Å². The minimum Gasteiger partial charge on any atom is -0.460 e. The fraction of sp³-hybridized carbons (Fsp3) is 0.444. The third kappa shape index (κ3) is 3.26. The molecule has 0 amide bonds. The van der Waals surface area contributed by atoms with Gasteiger partial charge < -0.3 is 4.74 Å². The van der Waals surface area contributed by atoms with Gasteiger partial charge in [-0.3, -0.25) is 4.79 Å². The largest absolute Gasteiger partial charge is 0.460 e. The number of carbonyl (C=O) groups excluding carboxylic acids is 1. The van der Waals surface area contributed by atoms with Gasteiger partial charge in [0.05, 0.1) is 17.6 Å². The molecule has 1 aromatic carbocycles. The van der Waals surface area contributed by atoms with Crippen molar-refractivity contribution in [3.8, 4) is 6.07 Å². The van der Waals surface area contributed by atoms with Crippen molar-refractivity contribution in [2.24, 2.45) is 17.3 Å². The quantitative estimate of drug-likeness (QED) is 0.349. The summed E-state index contributed by atoms with van der Waals surface area (Å²) < 4.78 is 59.5. The van der Waals surface area contributed by atoms with Crippen molar-refractivity contribution in [3.05, 3.63) is 46.0 Å². The Morgan fingerprint density at radius 2 is 1.72 bits per heavy atom. The van der Waals surface area contributed by atoms with Crippen molar-refractivity contribution in [2.75, 3.05) is 0 Å². The van der Waals surface area contributed by atoms with Gasteiger partial charge in [0.2, 0.25) is 0 Å². The molecule has 0 saturated heterocycles. The SMILES string of the molecule is C/C(C#N)=C/[C@@H]1[C@@H](C(=O)OCc2c(F)c(F)c(C)c(F)c2F)C1(C)C. The maximum atomic E-state index is 13.8. The molecule has 1 aliphatic carbocycles. The molecule has 1 aliphatic rings. The van der Waals surface area contributed by atoms with E-state index in [2.05, 4.69) is 0 Å². The molecule has 0 heterocycles. The van der Waals surface area contributed by atoms with E-state index in [1.807, 2.05) is 6.07 Å². The predicted molar refractivity (Wildman–Crippen MR) is 80.9 cm³/mol. The fourth-order valence-electron chi connectivity index (χ4n) is 2.89. The van der Waals surface area contributed by atoms with E-state index in [9.17, 15) is 22.4 Å². The summed E-state index contributed by atoms with van der Waals surface area (Å²) in [4.78, 5) is 12.2. The molecule has 7 heteroatoms. The van der Waals surface area contributed by atoms with E-state index in [0.717, 1.165) is 6.92 Å². The number of esters is 1. The van der Waals surface area contributed by atoms with Crippen LogP contribution < -0.4 is 0 Å². The lowest BCUT2D eigenvalue weighted by Crippen LogP contribution is -2.14. The van der Waals surface area contributed by atoms with Gasteiger partial charge >= 0.3 is 5.97 Å². The monoisotopic (exact) mass is 355 g/mol. The van der Waals surface area contributed by atoms with Crippen molar-refractivity contribution < 1.29 is 27.1 Å². The van der Waals surface area contributed by atoms with Gasteiger partial charge in [0.1, 0.15) is 6.61 Å². The second-order valence-electron chi connectivity index (χ2n) is 6.75. The lowest BCUT2D eigenvalue weighted by molar-refractivity contribution is -0.147. The Bertz CT molecular complexity index is 779. The van der Waals surface area contributed by atoms with Crippen LogP contribution in [0.2, 0.25) is 0 Å². The molecule has 3 nitrogen and oxygen atoms in total. The number of halogens is 4. The zero-order chi connectivity index (χ0) is 19.1. The summed E-state index contributed by atoms with van der Waals surface area (Å²) in [6.07, 6.45) is 1.64. The van der Waals surface area contributed by atoms with Crippen molar-refractivity contribution >= 4 is 5.97 Å². The summed E-state index contributed by atoms with van der Waals surface area (Å²) in [5, 5.41) is 8.81. The van der Waals surface area contributed by atoms with Gasteiger partial charge in [0, 0.05) is 11.1 Å². The molecule has 0 radical (unpaired) electrons. The number of nitrogens with zero attached hydrogens (tertiary/aromatic N) is 1. The molecule has 25 heavy (non-hydrogen) atoms. The van der Waals surface area contributed by atoms with Gasteiger partial charge in [0.25, 0.3) is 0 Å². The van der Waals surface area contributed by atoms with Crippen LogP contribution in [0.15, 0.2) is 11.6 Å². The lowest BCUT2D eigenvalue weighted by Gasteiger charge is -2.10. The second-order valence-corrected chi connectivity index (χ2v) is 6.75. The number of rotatable bonds is 4. The third-order valence-electron chi connectivity index (χ3n) is 4.70. The van der Waals surface area contributed by atoms with Crippen LogP contribution in [0, 0.1) is 58.8 Å². The Hall–Kier alpha value is -2.36. The van der Waals surface area contributed by atoms with E-state index in [1.165, 1.54) is 0 Å². The lowest BCUT2D eigenvalue weighted by atomic mass is 10.1. The van der Waals surface area contributed by atoms with E-state index < -0.39 is 58.3 Å². The molecular formula is C18H17F4NO2. The standard InChI is InChI=1S/C18H17F4NO2/c1-8(6-23)5-11-12(18(11,3)4)17(24)25-7-10-15(21)13(19)9(2)14(20)16(10)22/h5,11-12H,7H2,1-4H3/b8-5-/t11-,12+/m1/s1. The number of ether oxygens (including phenoxy) is 1. The first kappa shape index (κ1) is 19.0. The summed E-state index contributed by atoms with van der Waals surface area (Å²) in [5.41, 5.74) is -1.78. The number of nitriles is 1. The van der Waals surface area contributed by atoms with Crippen LogP contribution in [0.4, 0.5) is 17.6 Å². The number of hydrogen-bond acceptors (Lipinski definition) is 3. The minimum absolute atomic E-state index is 0.249. The Morgan fingerprint density at radius 1 is 1.20 bits per heavy atom. The normalized spacial score (nSPS) is 21.6. The molecule has 0 N–H and O–H groups in total. The van der Waals surface area contributed by atoms with E-state index in [4.69, 9.17) is 10.00 Å². The highest BCUT2D eigenvalue weighted by Crippen LogP contribution is 2.59. The van der Waals surface area contributed by atoms with Crippen LogP contribution in [-0.2, 0) is 16.1 Å². The van der Waals surface area contributed by atoms with E-state index in [-0.39, 0.29) is 5.92 Å². The summed E-state index contributed by atoms with van der Waals surface area (Å²) in [6.45, 7) is 5.17. The van der Waals surface area contributed by atoms with Gasteiger partial charge in [0.15, 0.2) is 23.3 Å². The first-order chi connectivity index (χ1) is 11.5. The van der Waals surface area contributed by atoms with E-state index in [0.29, 0.717) is 5.57 Å². The highest BCUT2D eigenvalue weighted by atomic mass is 19.2. The van der Waals surface area contributed by atoms with Gasteiger partial charge in [-0.2, -0.15) is 5.26 Å². The van der Waals surface area contributed by atoms with Crippen LogP contribution >= 0.6 is 0 Å². The maximum absolute atomic E-state index is 13.8. The summed E-state index contributed by atoms with van der Waals surface area (Å²) in [6, 6.07) is 1.95. The first-order valence-corrected chi connectivity index (χ1v) is 7.60. The van der Waals surface area contributed by atoms with Crippen LogP contribution in [-0.4, -0.2) is 5.97 Å². The topological polar surface area (TPSA) is 50.1 Å². The van der Waals surface area contributed by atoms with Crippen LogP contribution in [0.25, 0.3) is 0 Å². The van der Waals surface area contributed by atoms with Crippen LogP contribution in [0.1, 0.15) is 31.9 Å². The zero-order valence-electron chi connectivity index (χ0n) is 14.2. The fourth-order valence-corrected chi connectivity index (χ4v) is 2.89. The van der Waals surface area contributed by atoms with Gasteiger partial charge in [-0.1, -0.05) is 19.9 Å². The van der Waals surface area contributed by atoms with Gasteiger partial charge in [-0.05, 0) is 25.2 Å². The van der Waals surface area contributed by atoms with Crippen molar-refractivity contribution in [1.82, 2.24) is 0 Å². The maximum Gasteiger partial charge on any atom is 0.310 e. The summed E-state index contributed by atoms with van der Waals surface area (Å²) in [7, 11) is 0. The molecule has 1 saturated carbocycles. The molecule has 2 atom stereocenters. The Kier molecular flexibility index (Phi) is 4.94. The molecule has 0 unspecified atom stereocenters. The smallest absolute Gasteiger partial charge is 0.310 e. The molecule has 2 rings (SSSR count). The molecule has 1 aromatic rings. The third-order valence-corrected chi connectivity index (χ3v) is 4.70. The summed E-state index contributed by atoms with van der Waals surface area (Å²) >= 11 is 0. The Balaban J connectivity index is 2.16. The number of allylic oxidation sites excluding steroid dienone is 2. The molecule has 0 aromatic heterocycles. The van der Waals surface area contributed by atoms with Crippen molar-refractivity contribution in [1.29, 1.82) is 5.26 Å². The Morgan fingerprint density at radius 3 is 2.20 bits per heavy atom. The molecule has 0 spiro atoms. The van der Waals surface area contributed by atoms with E-state index in [1.54, 1.807) is 26.8 Å². The summed E-state index contributed by atoms with van der Waals surface area (Å²) in [5.74, 6) is -7.75. The highest BCUT2D eigenvalue weighted by Gasteiger charge is 2.61. The molecule has 134 valence electrons. The molecule has 1 fully saturated rings. The van der Waals surface area contributed by atoms with E-state index >= 15 is 0 Å². The number of benzene rings is 1. The predicted octanol–water partition coefficient (Wildman–Crippen LogP) is 4.34. The van der Waals surface area contributed by atoms with Crippen LogP contribution in [0.3, 0.4) is 0 Å². The molecule has 0 bridgehead atoms. The zero-order valence-corrected chi connectivity index (χ0v) is 14.2. The van der Waals surface area contributed by atoms with Crippen LogP contribution in [0.5, 0.6) is 0 Å².